The van der Waals surface area contributed by atoms with Gasteiger partial charge in [-0.1, -0.05) is 36.4 Å². The van der Waals surface area contributed by atoms with E-state index in [2.05, 4.69) is 5.32 Å². The van der Waals surface area contributed by atoms with E-state index in [9.17, 15) is 13.2 Å². The molecule has 1 atom stereocenters. The predicted molar refractivity (Wildman–Crippen MR) is 131 cm³/mol. The van der Waals surface area contributed by atoms with Gasteiger partial charge >= 0.3 is 0 Å². The van der Waals surface area contributed by atoms with Crippen LogP contribution in [0.1, 0.15) is 18.5 Å². The van der Waals surface area contributed by atoms with E-state index in [1.807, 2.05) is 24.3 Å². The Morgan fingerprint density at radius 1 is 0.912 bits per heavy atom. The van der Waals surface area contributed by atoms with E-state index < -0.39 is 28.5 Å². The molecule has 3 aromatic rings. The summed E-state index contributed by atoms with van der Waals surface area (Å²) < 4.78 is 42.8. The van der Waals surface area contributed by atoms with E-state index >= 15 is 0 Å². The number of sulfonamides is 1. The van der Waals surface area contributed by atoms with Crippen LogP contribution < -0.4 is 23.8 Å². The highest BCUT2D eigenvalue weighted by Crippen LogP contribution is 2.34. The van der Waals surface area contributed by atoms with Crippen molar-refractivity contribution in [2.45, 2.75) is 13.0 Å². The van der Waals surface area contributed by atoms with Gasteiger partial charge in [0.1, 0.15) is 12.3 Å². The van der Waals surface area contributed by atoms with Crippen LogP contribution in [0.4, 0.5) is 5.69 Å². The van der Waals surface area contributed by atoms with Gasteiger partial charge in [-0.3, -0.25) is 9.10 Å². The first-order valence-electron chi connectivity index (χ1n) is 10.5. The lowest BCUT2D eigenvalue weighted by atomic mass is 10.1. The maximum atomic E-state index is 12.9. The Balaban J connectivity index is 1.81. The highest BCUT2D eigenvalue weighted by Gasteiger charge is 2.25. The zero-order chi connectivity index (χ0) is 24.7. The van der Waals surface area contributed by atoms with Crippen molar-refractivity contribution in [3.05, 3.63) is 78.4 Å². The predicted octanol–water partition coefficient (Wildman–Crippen LogP) is 4.14. The Labute approximate surface area is 200 Å². The van der Waals surface area contributed by atoms with Crippen LogP contribution in [0.25, 0.3) is 0 Å². The second kappa shape index (κ2) is 10.9. The average molecular weight is 485 g/mol. The van der Waals surface area contributed by atoms with E-state index in [0.717, 1.165) is 16.1 Å². The summed E-state index contributed by atoms with van der Waals surface area (Å²) in [5, 5.41) is 2.84. The van der Waals surface area contributed by atoms with Crippen LogP contribution >= 0.6 is 0 Å². The van der Waals surface area contributed by atoms with Gasteiger partial charge in [-0.05, 0) is 48.9 Å². The van der Waals surface area contributed by atoms with Gasteiger partial charge in [-0.2, -0.15) is 0 Å². The highest BCUT2D eigenvalue weighted by molar-refractivity contribution is 7.92. The molecule has 3 rings (SSSR count). The SMILES string of the molecule is COc1ccc(C(C)NC(=O)CN(c2ccccc2Oc2ccccc2)S(C)(=O)=O)cc1OC. The van der Waals surface area contributed by atoms with Crippen LogP contribution in [0.15, 0.2) is 72.8 Å². The monoisotopic (exact) mass is 484 g/mol. The minimum absolute atomic E-state index is 0.266. The van der Waals surface area contributed by atoms with Crippen molar-refractivity contribution in [1.82, 2.24) is 5.32 Å². The Hall–Kier alpha value is -3.72. The molecule has 34 heavy (non-hydrogen) atoms. The smallest absolute Gasteiger partial charge is 0.241 e. The molecule has 0 bridgehead atoms. The Bertz CT molecular complexity index is 1230. The number of carbonyl (C=O) groups excluding carboxylic acids is 1. The zero-order valence-corrected chi connectivity index (χ0v) is 20.3. The Morgan fingerprint density at radius 2 is 1.56 bits per heavy atom. The van der Waals surface area contributed by atoms with Gasteiger partial charge in [0, 0.05) is 0 Å². The molecular weight excluding hydrogens is 456 g/mol. The third-order valence-electron chi connectivity index (χ3n) is 5.08. The summed E-state index contributed by atoms with van der Waals surface area (Å²) in [5.41, 5.74) is 1.05. The minimum atomic E-state index is -3.79. The van der Waals surface area contributed by atoms with Crippen LogP contribution in [-0.4, -0.2) is 41.3 Å². The number of carbonyl (C=O) groups is 1. The third kappa shape index (κ3) is 6.20. The Kier molecular flexibility index (Phi) is 8.01. The second-order valence-corrected chi connectivity index (χ2v) is 9.46. The van der Waals surface area contributed by atoms with E-state index in [1.165, 1.54) is 7.11 Å². The number of methoxy groups -OCH3 is 2. The summed E-state index contributed by atoms with van der Waals surface area (Å²) in [6.45, 7) is 1.39. The zero-order valence-electron chi connectivity index (χ0n) is 19.5. The molecule has 0 aromatic heterocycles. The molecule has 0 saturated heterocycles. The standard InChI is InChI=1S/C25H28N2O6S/c1-18(19-14-15-23(31-2)24(16-19)32-3)26-25(28)17-27(34(4,29)30)21-12-8-9-13-22(21)33-20-10-6-5-7-11-20/h5-16,18H,17H2,1-4H3,(H,26,28). The summed E-state index contributed by atoms with van der Waals surface area (Å²) in [7, 11) is -0.717. The van der Waals surface area contributed by atoms with Gasteiger partial charge < -0.3 is 19.5 Å². The number of benzene rings is 3. The van der Waals surface area contributed by atoms with Crippen LogP contribution in [0.3, 0.4) is 0 Å². The van der Waals surface area contributed by atoms with E-state index in [1.54, 1.807) is 62.6 Å². The van der Waals surface area contributed by atoms with Crippen molar-refractivity contribution in [2.75, 3.05) is 31.3 Å². The summed E-state index contributed by atoms with van der Waals surface area (Å²) in [6, 6.07) is 20.6. The van der Waals surface area contributed by atoms with Gasteiger partial charge in [0.2, 0.25) is 15.9 Å². The molecule has 1 unspecified atom stereocenters. The summed E-state index contributed by atoms with van der Waals surface area (Å²) >= 11 is 0. The number of hydrogen-bond donors (Lipinski definition) is 1. The molecular formula is C25H28N2O6S. The topological polar surface area (TPSA) is 94.2 Å². The molecule has 8 nitrogen and oxygen atoms in total. The van der Waals surface area contributed by atoms with Gasteiger partial charge in [0.25, 0.3) is 0 Å². The van der Waals surface area contributed by atoms with Gasteiger partial charge in [-0.25, -0.2) is 8.42 Å². The maximum absolute atomic E-state index is 12.9. The number of nitrogens with zero attached hydrogens (tertiary/aromatic N) is 1. The van der Waals surface area contributed by atoms with Crippen molar-refractivity contribution in [3.8, 4) is 23.0 Å². The first-order chi connectivity index (χ1) is 16.2. The highest BCUT2D eigenvalue weighted by atomic mass is 32.2. The minimum Gasteiger partial charge on any atom is -0.493 e. The first-order valence-corrected chi connectivity index (χ1v) is 12.4. The van der Waals surface area contributed by atoms with Crippen molar-refractivity contribution in [2.24, 2.45) is 0 Å². The molecule has 0 radical (unpaired) electrons. The lowest BCUT2D eigenvalue weighted by Gasteiger charge is -2.25. The summed E-state index contributed by atoms with van der Waals surface area (Å²) in [6.07, 6.45) is 1.05. The number of nitrogens with one attached hydrogen (secondary N) is 1. The first kappa shape index (κ1) is 24.9. The van der Waals surface area contributed by atoms with Gasteiger partial charge in [0.15, 0.2) is 17.2 Å². The Morgan fingerprint density at radius 3 is 2.21 bits per heavy atom. The van der Waals surface area contributed by atoms with Gasteiger partial charge in [-0.15, -0.1) is 0 Å². The summed E-state index contributed by atoms with van der Waals surface area (Å²) in [4.78, 5) is 12.9. The molecule has 1 amide bonds. The van der Waals surface area contributed by atoms with Crippen LogP contribution in [0.5, 0.6) is 23.0 Å². The van der Waals surface area contributed by atoms with Crippen LogP contribution in [-0.2, 0) is 14.8 Å². The average Bonchev–Trinajstić information content (AvgIpc) is 2.82. The largest absolute Gasteiger partial charge is 0.493 e. The number of rotatable bonds is 10. The molecule has 0 saturated carbocycles. The van der Waals surface area contributed by atoms with Crippen molar-refractivity contribution < 1.29 is 27.4 Å². The number of hydrogen-bond acceptors (Lipinski definition) is 6. The lowest BCUT2D eigenvalue weighted by Crippen LogP contribution is -2.41. The fourth-order valence-electron chi connectivity index (χ4n) is 3.37. The van der Waals surface area contributed by atoms with E-state index in [4.69, 9.17) is 14.2 Å². The number of amides is 1. The molecule has 0 heterocycles. The van der Waals surface area contributed by atoms with Gasteiger partial charge in [0.05, 0.1) is 32.2 Å². The fourth-order valence-corrected chi connectivity index (χ4v) is 4.23. The quantitative estimate of drug-likeness (QED) is 0.465. The molecule has 0 aliphatic heterocycles. The number of ether oxygens (including phenoxy) is 3. The number of anilines is 1. The molecule has 0 aliphatic rings. The number of para-hydroxylation sites is 3. The third-order valence-corrected chi connectivity index (χ3v) is 6.20. The molecule has 3 aromatic carbocycles. The maximum Gasteiger partial charge on any atom is 0.241 e. The van der Waals surface area contributed by atoms with Crippen LogP contribution in [0.2, 0.25) is 0 Å². The molecule has 180 valence electrons. The molecule has 1 N–H and O–H groups in total. The normalized spacial score (nSPS) is 11.9. The lowest BCUT2D eigenvalue weighted by molar-refractivity contribution is -0.120. The van der Waals surface area contributed by atoms with E-state index in [-0.39, 0.29) is 5.69 Å². The van der Waals surface area contributed by atoms with Crippen LogP contribution in [0, 0.1) is 0 Å². The molecule has 0 spiro atoms. The second-order valence-electron chi connectivity index (χ2n) is 7.56. The summed E-state index contributed by atoms with van der Waals surface area (Å²) in [5.74, 6) is 1.51. The molecule has 0 fully saturated rings. The van der Waals surface area contributed by atoms with Crippen molar-refractivity contribution in [1.29, 1.82) is 0 Å². The molecule has 0 aliphatic carbocycles. The van der Waals surface area contributed by atoms with Crippen molar-refractivity contribution >= 4 is 21.6 Å². The van der Waals surface area contributed by atoms with E-state index in [0.29, 0.717) is 23.0 Å². The molecule has 9 heteroatoms. The van der Waals surface area contributed by atoms with Crippen molar-refractivity contribution in [3.63, 3.8) is 0 Å². The fraction of sp³-hybridized carbons (Fsp3) is 0.240.